The van der Waals surface area contributed by atoms with Crippen LogP contribution in [0.4, 0.5) is 0 Å². The quantitative estimate of drug-likeness (QED) is 0.0781. The number of aliphatic hydroxyl groups excluding tert-OH is 2. The standard InChI is InChI=1S/2C15H24O.C2O3.2CHO2.Ba.Cd.Zn/c2*1-2-3-4-5-6-7-8-11-14-12-9-10-13-15(14)16;3-1-5-2-4;2*2-1-3;;;/h2*9-10,12-13,16H,2-8,11H2,1H3;;2*(H,2,3);;;/q;;-2;2*-1;3*+2/p-2. The summed E-state index contributed by atoms with van der Waals surface area (Å²) in [6, 6.07) is 14.8. The van der Waals surface area contributed by atoms with Gasteiger partial charge in [-0.25, -0.2) is 0 Å². The molecule has 0 atom stereocenters. The summed E-state index contributed by atoms with van der Waals surface area (Å²) in [5.41, 5.74) is 1.96. The van der Waals surface area contributed by atoms with Crippen molar-refractivity contribution in [3.63, 3.8) is 0 Å². The van der Waals surface area contributed by atoms with E-state index in [2.05, 4.69) is 18.6 Å². The Morgan fingerprint density at radius 3 is 1.07 bits per heavy atom. The Kier molecular flexibility index (Phi) is 63.8. The third-order valence-electron chi connectivity index (χ3n) is 6.13. The molecule has 2 aromatic carbocycles. The number of hydrogen-bond donors (Lipinski definition) is 2. The Hall–Kier alpha value is -0.763. The van der Waals surface area contributed by atoms with Crippen LogP contribution in [0.15, 0.2) is 48.5 Å². The van der Waals surface area contributed by atoms with Crippen LogP contribution in [0.25, 0.3) is 0 Å². The van der Waals surface area contributed by atoms with Gasteiger partial charge in [0.2, 0.25) is 0 Å². The summed E-state index contributed by atoms with van der Waals surface area (Å²) in [7, 11) is 0. The molecule has 0 aliphatic rings. The predicted molar refractivity (Wildman–Crippen MR) is 170 cm³/mol. The number of hydrogen-bond acceptors (Lipinski definition) is 7. The third kappa shape index (κ3) is 45.4. The van der Waals surface area contributed by atoms with E-state index in [1.54, 1.807) is 12.1 Å². The van der Waals surface area contributed by atoms with Crippen molar-refractivity contribution in [3.8, 4) is 11.5 Å². The van der Waals surface area contributed by atoms with E-state index in [1.165, 1.54) is 77.0 Å². The maximum atomic E-state index is 11.4. The molecule has 0 aliphatic carbocycles. The SMILES string of the molecule is CCCCCCCCCc1ccccc1[O-].CCCCCCCCCc1ccccc1[O-].O=[C-]O.O=[C-]O.O=[C-]O[C-]=O.[Ba+2].[Cd+2].[Zn+2]. The molecule has 0 saturated heterocycles. The first-order chi connectivity index (χ1) is 20.9. The first-order valence-electron chi connectivity index (χ1n) is 14.9. The molecule has 0 radical (unpaired) electrons. The molecule has 0 bridgehead atoms. The summed E-state index contributed by atoms with van der Waals surface area (Å²) >= 11 is 0. The minimum atomic E-state index is 0. The molecular weight excluding hydrogens is 867 g/mol. The maximum Gasteiger partial charge on any atom is 2.00 e. The van der Waals surface area contributed by atoms with Crippen LogP contribution in [0, 0.1) is 0 Å². The molecule has 0 saturated carbocycles. The summed E-state index contributed by atoms with van der Waals surface area (Å²) in [4.78, 5) is 34.1. The zero-order valence-electron chi connectivity index (χ0n) is 27.8. The number of rotatable bonds is 18. The number of aryl methyl sites for hydroxylation is 2. The monoisotopic (exact) mass is 916 g/mol. The van der Waals surface area contributed by atoms with Gasteiger partial charge in [0.1, 0.15) is 0 Å². The van der Waals surface area contributed by atoms with Crippen molar-refractivity contribution in [1.82, 2.24) is 0 Å². The van der Waals surface area contributed by atoms with E-state index in [9.17, 15) is 10.2 Å². The molecule has 2 aromatic rings. The van der Waals surface area contributed by atoms with Crippen LogP contribution in [0.3, 0.4) is 0 Å². The summed E-state index contributed by atoms with van der Waals surface area (Å²) in [6.45, 7) is 7.17. The third-order valence-corrected chi connectivity index (χ3v) is 6.13. The van der Waals surface area contributed by atoms with Crippen LogP contribution in [0.5, 0.6) is 11.5 Å². The molecular formula is C34H48BaCdO9Zn. The van der Waals surface area contributed by atoms with E-state index in [0.717, 1.165) is 49.8 Å². The van der Waals surface area contributed by atoms with Crippen molar-refractivity contribution < 1.29 is 91.1 Å². The Morgan fingerprint density at radius 2 is 0.826 bits per heavy atom. The fraction of sp³-hybridized carbons (Fsp3) is 0.529. The van der Waals surface area contributed by atoms with Crippen molar-refractivity contribution in [3.05, 3.63) is 59.7 Å². The molecule has 0 unspecified atom stereocenters. The fourth-order valence-corrected chi connectivity index (χ4v) is 3.98. The van der Waals surface area contributed by atoms with Gasteiger partial charge >= 0.3 is 95.7 Å². The number of unbranched alkanes of at least 4 members (excludes halogenated alkanes) is 12. The minimum absolute atomic E-state index is 0. The van der Waals surface area contributed by atoms with E-state index in [0.29, 0.717) is 12.9 Å². The predicted octanol–water partition coefficient (Wildman–Crippen LogP) is 6.08. The van der Waals surface area contributed by atoms with Crippen LogP contribution in [0.2, 0.25) is 0 Å². The number of benzene rings is 2. The van der Waals surface area contributed by atoms with E-state index in [-0.39, 0.29) is 107 Å². The average Bonchev–Trinajstić information content (AvgIpc) is 3.00. The van der Waals surface area contributed by atoms with E-state index in [4.69, 9.17) is 29.4 Å². The second kappa shape index (κ2) is 51.1. The second-order valence-corrected chi connectivity index (χ2v) is 9.41. The van der Waals surface area contributed by atoms with Gasteiger partial charge in [0, 0.05) is 0 Å². The van der Waals surface area contributed by atoms with Gasteiger partial charge in [-0.15, -0.1) is 24.4 Å². The smallest absolute Gasteiger partial charge is 0.872 e. The Balaban J connectivity index is -0.000000126. The van der Waals surface area contributed by atoms with Gasteiger partial charge in [-0.3, -0.25) is 0 Å². The van der Waals surface area contributed by atoms with E-state index >= 15 is 0 Å². The molecule has 244 valence electrons. The first-order valence-corrected chi connectivity index (χ1v) is 14.9. The van der Waals surface area contributed by atoms with Crippen molar-refractivity contribution in [2.45, 2.75) is 117 Å². The van der Waals surface area contributed by atoms with Crippen LogP contribution < -0.4 is 10.2 Å². The largest absolute Gasteiger partial charge is 2.00 e. The first kappa shape index (κ1) is 57.5. The molecule has 46 heavy (non-hydrogen) atoms. The number of ether oxygens (including phenoxy) is 1. The molecule has 0 spiro atoms. The van der Waals surface area contributed by atoms with Crippen molar-refractivity contribution >= 4 is 74.8 Å². The van der Waals surface area contributed by atoms with Gasteiger partial charge in [0.15, 0.2) is 0 Å². The summed E-state index contributed by atoms with van der Waals surface area (Å²) in [5.74, 6) is 0.405. The van der Waals surface area contributed by atoms with Gasteiger partial charge in [-0.05, 0) is 25.7 Å². The minimum Gasteiger partial charge on any atom is -0.872 e. The van der Waals surface area contributed by atoms with Gasteiger partial charge in [0.05, 0.1) is 0 Å². The van der Waals surface area contributed by atoms with Crippen LogP contribution in [0.1, 0.15) is 115 Å². The van der Waals surface area contributed by atoms with Crippen LogP contribution >= 0.6 is 0 Å². The number of para-hydroxylation sites is 2. The van der Waals surface area contributed by atoms with Crippen molar-refractivity contribution in [2.75, 3.05) is 0 Å². The van der Waals surface area contributed by atoms with Gasteiger partial charge < -0.3 is 44.3 Å². The topological polar surface area (TPSA) is 164 Å². The van der Waals surface area contributed by atoms with Crippen LogP contribution in [-0.2, 0) is 83.5 Å². The molecule has 0 amide bonds. The average molecular weight is 916 g/mol. The van der Waals surface area contributed by atoms with Crippen molar-refractivity contribution in [1.29, 1.82) is 0 Å². The molecule has 0 heterocycles. The zero-order chi connectivity index (χ0) is 32.8. The summed E-state index contributed by atoms with van der Waals surface area (Å²) < 4.78 is 3.22. The van der Waals surface area contributed by atoms with Gasteiger partial charge in [-0.2, -0.15) is 0 Å². The summed E-state index contributed by atoms with van der Waals surface area (Å²) in [5, 5.41) is 36.4. The molecule has 12 heteroatoms. The molecule has 9 nitrogen and oxygen atoms in total. The van der Waals surface area contributed by atoms with E-state index < -0.39 is 0 Å². The zero-order valence-corrected chi connectivity index (χ0v) is 39.3. The Labute approximate surface area is 349 Å². The molecule has 0 aromatic heterocycles. The van der Waals surface area contributed by atoms with Crippen molar-refractivity contribution in [2.24, 2.45) is 0 Å². The fourth-order valence-electron chi connectivity index (χ4n) is 3.98. The molecule has 2 N–H and O–H groups in total. The molecule has 2 rings (SSSR count). The second-order valence-electron chi connectivity index (χ2n) is 9.41. The maximum absolute atomic E-state index is 11.4. The normalized spacial score (nSPS) is 8.48. The van der Waals surface area contributed by atoms with Gasteiger partial charge in [-0.1, -0.05) is 163 Å². The number of carbonyl (C=O) groups excluding carboxylic acids is 2. The van der Waals surface area contributed by atoms with Gasteiger partial charge in [0.25, 0.3) is 0 Å². The van der Waals surface area contributed by atoms with E-state index in [1.807, 2.05) is 36.4 Å². The Morgan fingerprint density at radius 1 is 0.565 bits per heavy atom. The van der Waals surface area contributed by atoms with Crippen LogP contribution in [-0.4, -0.2) is 85.0 Å². The Bertz CT molecular complexity index is 837. The molecule has 0 fully saturated rings. The molecule has 0 aliphatic heterocycles. The summed E-state index contributed by atoms with van der Waals surface area (Å²) in [6.07, 6.45) is 20.2.